The topological polar surface area (TPSA) is 89.8 Å². The molecule has 5 heteroatoms. The molecule has 0 aromatic heterocycles. The SMILES string of the molecule is CCNC(=O)CC[C@@H](C)[C@H]1CCC2C3C(O)CC4C[C@H](O)CC[C@]4(C)C3C[C@H](O)[C@@]21C. The van der Waals surface area contributed by atoms with Crippen molar-refractivity contribution in [2.24, 2.45) is 46.3 Å². The van der Waals surface area contributed by atoms with Gasteiger partial charge in [-0.1, -0.05) is 20.8 Å². The molecule has 0 radical (unpaired) electrons. The summed E-state index contributed by atoms with van der Waals surface area (Å²) in [5, 5.41) is 36.1. The molecule has 0 saturated heterocycles. The minimum Gasteiger partial charge on any atom is -0.393 e. The summed E-state index contributed by atoms with van der Waals surface area (Å²) in [7, 11) is 0. The Morgan fingerprint density at radius 1 is 1.06 bits per heavy atom. The van der Waals surface area contributed by atoms with Crippen molar-refractivity contribution in [3.8, 4) is 0 Å². The van der Waals surface area contributed by atoms with Crippen molar-refractivity contribution in [1.29, 1.82) is 0 Å². The second-order valence-corrected chi connectivity index (χ2v) is 12.0. The molecule has 4 fully saturated rings. The van der Waals surface area contributed by atoms with Crippen molar-refractivity contribution in [1.82, 2.24) is 5.32 Å². The minimum absolute atomic E-state index is 0.118. The molecule has 5 unspecified atom stereocenters. The Hall–Kier alpha value is -0.650. The molecule has 0 heterocycles. The summed E-state index contributed by atoms with van der Waals surface area (Å²) in [5.74, 6) is 2.21. The molecule has 4 rings (SSSR count). The van der Waals surface area contributed by atoms with Gasteiger partial charge in [0.2, 0.25) is 5.91 Å². The lowest BCUT2D eigenvalue weighted by molar-refractivity contribution is -0.207. The lowest BCUT2D eigenvalue weighted by Gasteiger charge is -2.63. The predicted molar refractivity (Wildman–Crippen MR) is 121 cm³/mol. The Balaban J connectivity index is 1.54. The van der Waals surface area contributed by atoms with E-state index in [1.54, 1.807) is 0 Å². The molecule has 0 bridgehead atoms. The van der Waals surface area contributed by atoms with Gasteiger partial charge in [0.05, 0.1) is 18.3 Å². The van der Waals surface area contributed by atoms with Gasteiger partial charge < -0.3 is 20.6 Å². The van der Waals surface area contributed by atoms with Crippen molar-refractivity contribution in [2.75, 3.05) is 6.54 Å². The molecule has 31 heavy (non-hydrogen) atoms. The van der Waals surface area contributed by atoms with Crippen LogP contribution in [0.1, 0.15) is 85.5 Å². The predicted octanol–water partition coefficient (Wildman–Crippen LogP) is 3.50. The Morgan fingerprint density at radius 3 is 2.52 bits per heavy atom. The summed E-state index contributed by atoms with van der Waals surface area (Å²) < 4.78 is 0. The Morgan fingerprint density at radius 2 is 1.81 bits per heavy atom. The van der Waals surface area contributed by atoms with Crippen molar-refractivity contribution >= 4 is 5.91 Å². The summed E-state index contributed by atoms with van der Waals surface area (Å²) in [6.07, 6.45) is 6.90. The van der Waals surface area contributed by atoms with E-state index < -0.39 is 0 Å². The zero-order valence-corrected chi connectivity index (χ0v) is 20.0. The first-order valence-electron chi connectivity index (χ1n) is 12.9. The normalized spacial score (nSPS) is 50.2. The van der Waals surface area contributed by atoms with E-state index in [1.807, 2.05) is 6.92 Å². The second-order valence-electron chi connectivity index (χ2n) is 12.0. The summed E-state index contributed by atoms with van der Waals surface area (Å²) in [4.78, 5) is 12.0. The van der Waals surface area contributed by atoms with E-state index in [1.165, 1.54) is 0 Å². The zero-order chi connectivity index (χ0) is 22.6. The molecule has 4 aliphatic rings. The number of carbonyl (C=O) groups excluding carboxylic acids is 1. The first-order chi connectivity index (χ1) is 14.6. The van der Waals surface area contributed by atoms with Crippen LogP contribution in [-0.4, -0.2) is 46.1 Å². The van der Waals surface area contributed by atoms with Crippen LogP contribution in [0.5, 0.6) is 0 Å². The fourth-order valence-corrected chi connectivity index (χ4v) is 8.98. The molecule has 4 aliphatic carbocycles. The maximum absolute atomic E-state index is 12.0. The number of amides is 1. The molecule has 178 valence electrons. The second kappa shape index (κ2) is 8.61. The van der Waals surface area contributed by atoms with Crippen molar-refractivity contribution in [3.63, 3.8) is 0 Å². The lowest BCUT2D eigenvalue weighted by atomic mass is 9.43. The van der Waals surface area contributed by atoms with Gasteiger partial charge in [-0.25, -0.2) is 0 Å². The molecule has 0 spiro atoms. The molecule has 0 aromatic carbocycles. The molecular formula is C26H45NO4. The van der Waals surface area contributed by atoms with E-state index in [0.717, 1.165) is 51.4 Å². The third-order valence-corrected chi connectivity index (χ3v) is 10.7. The van der Waals surface area contributed by atoms with Crippen LogP contribution in [0.25, 0.3) is 0 Å². The van der Waals surface area contributed by atoms with Gasteiger partial charge in [-0.3, -0.25) is 4.79 Å². The molecule has 11 atom stereocenters. The van der Waals surface area contributed by atoms with E-state index in [9.17, 15) is 20.1 Å². The standard InChI is InChI=1S/C26H45NO4/c1-5-27-23(31)9-6-15(2)18-7-8-19-24-20(14-22(30)26(18,19)4)25(3)11-10-17(28)12-16(25)13-21(24)29/h15-22,24,28-30H,5-14H2,1-4H3,(H,27,31)/t15-,16?,17-,18-,19?,20?,21?,22+,24?,25+,26-/m1/s1. The highest BCUT2D eigenvalue weighted by Crippen LogP contribution is 2.68. The Labute approximate surface area is 188 Å². The van der Waals surface area contributed by atoms with Crippen LogP contribution in [0.15, 0.2) is 0 Å². The van der Waals surface area contributed by atoms with E-state index in [4.69, 9.17) is 0 Å². The number of fused-ring (bicyclic) bond motifs is 5. The molecule has 4 saturated carbocycles. The smallest absolute Gasteiger partial charge is 0.219 e. The van der Waals surface area contributed by atoms with Gasteiger partial charge in [-0.2, -0.15) is 0 Å². The summed E-state index contributed by atoms with van der Waals surface area (Å²) in [6.45, 7) is 9.54. The van der Waals surface area contributed by atoms with E-state index in [0.29, 0.717) is 42.6 Å². The molecular weight excluding hydrogens is 390 g/mol. The van der Waals surface area contributed by atoms with Crippen molar-refractivity contribution in [2.45, 2.75) is 104 Å². The van der Waals surface area contributed by atoms with Crippen LogP contribution >= 0.6 is 0 Å². The number of aliphatic hydroxyl groups is 3. The van der Waals surface area contributed by atoms with Crippen molar-refractivity contribution in [3.05, 3.63) is 0 Å². The van der Waals surface area contributed by atoms with E-state index >= 15 is 0 Å². The van der Waals surface area contributed by atoms with Crippen LogP contribution in [0.2, 0.25) is 0 Å². The van der Waals surface area contributed by atoms with Crippen LogP contribution < -0.4 is 5.32 Å². The average molecular weight is 436 g/mol. The Kier molecular flexibility index (Phi) is 6.53. The fraction of sp³-hybridized carbons (Fsp3) is 0.962. The first kappa shape index (κ1) is 23.5. The minimum atomic E-state index is -0.354. The third kappa shape index (κ3) is 3.77. The van der Waals surface area contributed by atoms with Crippen LogP contribution in [0.3, 0.4) is 0 Å². The number of hydrogen-bond acceptors (Lipinski definition) is 4. The summed E-state index contributed by atoms with van der Waals surface area (Å²) in [6, 6.07) is 0. The van der Waals surface area contributed by atoms with Gasteiger partial charge in [0.1, 0.15) is 0 Å². The van der Waals surface area contributed by atoms with Gasteiger partial charge in [0.15, 0.2) is 0 Å². The Bertz CT molecular complexity index is 670. The zero-order valence-electron chi connectivity index (χ0n) is 20.0. The number of carbonyl (C=O) groups is 1. The lowest BCUT2D eigenvalue weighted by Crippen LogP contribution is -2.62. The van der Waals surface area contributed by atoms with Gasteiger partial charge in [-0.15, -0.1) is 0 Å². The molecule has 4 N–H and O–H groups in total. The maximum Gasteiger partial charge on any atom is 0.219 e. The number of aliphatic hydroxyl groups excluding tert-OH is 3. The van der Waals surface area contributed by atoms with Crippen LogP contribution in [0.4, 0.5) is 0 Å². The van der Waals surface area contributed by atoms with Gasteiger partial charge in [0.25, 0.3) is 0 Å². The number of rotatable bonds is 5. The third-order valence-electron chi connectivity index (χ3n) is 10.7. The molecule has 0 aromatic rings. The largest absolute Gasteiger partial charge is 0.393 e. The molecule has 0 aliphatic heterocycles. The maximum atomic E-state index is 12.0. The van der Waals surface area contributed by atoms with Crippen LogP contribution in [0, 0.1) is 46.3 Å². The van der Waals surface area contributed by atoms with Gasteiger partial charge in [0, 0.05) is 13.0 Å². The summed E-state index contributed by atoms with van der Waals surface area (Å²) >= 11 is 0. The molecule has 5 nitrogen and oxygen atoms in total. The summed E-state index contributed by atoms with van der Waals surface area (Å²) in [5.41, 5.74) is -0.0620. The quantitative estimate of drug-likeness (QED) is 0.532. The highest BCUT2D eigenvalue weighted by atomic mass is 16.3. The van der Waals surface area contributed by atoms with Crippen LogP contribution in [-0.2, 0) is 4.79 Å². The van der Waals surface area contributed by atoms with Gasteiger partial charge in [-0.05, 0) is 105 Å². The fourth-order valence-electron chi connectivity index (χ4n) is 8.98. The van der Waals surface area contributed by atoms with Gasteiger partial charge >= 0.3 is 0 Å². The van der Waals surface area contributed by atoms with E-state index in [-0.39, 0.29) is 41.0 Å². The highest BCUT2D eigenvalue weighted by molar-refractivity contribution is 5.75. The highest BCUT2D eigenvalue weighted by Gasteiger charge is 2.65. The monoisotopic (exact) mass is 435 g/mol. The van der Waals surface area contributed by atoms with E-state index in [2.05, 4.69) is 26.1 Å². The number of hydrogen-bond donors (Lipinski definition) is 4. The average Bonchev–Trinajstić information content (AvgIpc) is 3.07. The molecule has 1 amide bonds. The van der Waals surface area contributed by atoms with Crippen molar-refractivity contribution < 1.29 is 20.1 Å². The first-order valence-corrected chi connectivity index (χ1v) is 12.9. The number of nitrogens with one attached hydrogen (secondary N) is 1.